The van der Waals surface area contributed by atoms with E-state index in [-0.39, 0.29) is 6.01 Å². The summed E-state index contributed by atoms with van der Waals surface area (Å²) in [6.07, 6.45) is 1.60. The van der Waals surface area contributed by atoms with Gasteiger partial charge in [0.05, 0.1) is 0 Å². The van der Waals surface area contributed by atoms with Gasteiger partial charge in [-0.2, -0.15) is 4.98 Å². The van der Waals surface area contributed by atoms with Crippen LogP contribution in [0.3, 0.4) is 0 Å². The van der Waals surface area contributed by atoms with Crippen molar-refractivity contribution in [1.82, 2.24) is 9.97 Å². The van der Waals surface area contributed by atoms with Crippen LogP contribution in [-0.4, -0.2) is 9.97 Å². The first kappa shape index (κ1) is 16.3. The summed E-state index contributed by atoms with van der Waals surface area (Å²) in [5.74, 6) is 1.80. The predicted molar refractivity (Wildman–Crippen MR) is 94.3 cm³/mol. The Labute approximate surface area is 146 Å². The molecule has 3 aromatic rings. The van der Waals surface area contributed by atoms with Crippen LogP contribution in [0.1, 0.15) is 16.7 Å². The van der Waals surface area contributed by atoms with Crippen LogP contribution in [0.2, 0.25) is 5.02 Å². The molecule has 0 unspecified atom stereocenters. The second-order valence-electron chi connectivity index (χ2n) is 5.51. The Morgan fingerprint density at radius 2 is 1.75 bits per heavy atom. The minimum atomic E-state index is 0.211. The van der Waals surface area contributed by atoms with Crippen LogP contribution in [0.4, 0.5) is 0 Å². The molecule has 0 atom stereocenters. The molecule has 0 saturated carbocycles. The zero-order valence-corrected chi connectivity index (χ0v) is 14.5. The van der Waals surface area contributed by atoms with E-state index in [1.165, 1.54) is 0 Å². The van der Waals surface area contributed by atoms with Crippen LogP contribution >= 0.6 is 11.6 Å². The highest BCUT2D eigenvalue weighted by atomic mass is 35.5. The highest BCUT2D eigenvalue weighted by Gasteiger charge is 2.09. The molecule has 122 valence electrons. The molecule has 0 bridgehead atoms. The van der Waals surface area contributed by atoms with Crippen molar-refractivity contribution in [2.75, 3.05) is 0 Å². The lowest BCUT2D eigenvalue weighted by molar-refractivity contribution is 0.408. The van der Waals surface area contributed by atoms with Crippen LogP contribution in [-0.2, 0) is 0 Å². The Hall–Kier alpha value is -2.59. The van der Waals surface area contributed by atoms with Gasteiger partial charge in [0, 0.05) is 22.8 Å². The number of hydrogen-bond donors (Lipinski definition) is 0. The Bertz CT molecular complexity index is 862. The van der Waals surface area contributed by atoms with Gasteiger partial charge in [0.15, 0.2) is 0 Å². The van der Waals surface area contributed by atoms with E-state index in [1.807, 2.05) is 57.2 Å². The molecular weight excluding hydrogens is 324 g/mol. The van der Waals surface area contributed by atoms with Crippen LogP contribution in [0, 0.1) is 20.8 Å². The largest absolute Gasteiger partial charge is 0.439 e. The Balaban J connectivity index is 1.84. The standard InChI is InChI=1S/C19H17ClN2O2/c1-12-7-8-13(2)17(11-12)23-18-9-10-21-19(22-18)24-16-6-4-5-15(20)14(16)3/h4-11H,1-3H3. The third kappa shape index (κ3) is 3.66. The molecule has 2 aromatic carbocycles. The number of rotatable bonds is 4. The van der Waals surface area contributed by atoms with Crippen molar-refractivity contribution in [3.05, 3.63) is 70.4 Å². The van der Waals surface area contributed by atoms with E-state index >= 15 is 0 Å². The second kappa shape index (κ2) is 6.89. The Morgan fingerprint density at radius 3 is 2.58 bits per heavy atom. The molecule has 5 heteroatoms. The summed E-state index contributed by atoms with van der Waals surface area (Å²) in [4.78, 5) is 8.44. The molecule has 0 radical (unpaired) electrons. The molecule has 1 aromatic heterocycles. The third-order valence-electron chi connectivity index (χ3n) is 3.59. The molecule has 0 amide bonds. The first-order chi connectivity index (χ1) is 11.5. The lowest BCUT2D eigenvalue weighted by Crippen LogP contribution is -1.96. The number of ether oxygens (including phenoxy) is 2. The van der Waals surface area contributed by atoms with Crippen molar-refractivity contribution in [1.29, 1.82) is 0 Å². The molecular formula is C19H17ClN2O2. The Kier molecular flexibility index (Phi) is 4.67. The number of nitrogens with zero attached hydrogens (tertiary/aromatic N) is 2. The molecule has 0 fully saturated rings. The van der Waals surface area contributed by atoms with E-state index in [1.54, 1.807) is 12.3 Å². The second-order valence-corrected chi connectivity index (χ2v) is 5.92. The van der Waals surface area contributed by atoms with Gasteiger partial charge in [-0.3, -0.25) is 0 Å². The van der Waals surface area contributed by atoms with E-state index in [4.69, 9.17) is 21.1 Å². The van der Waals surface area contributed by atoms with Crippen molar-refractivity contribution in [3.8, 4) is 23.4 Å². The van der Waals surface area contributed by atoms with E-state index in [0.717, 1.165) is 22.4 Å². The van der Waals surface area contributed by atoms with Gasteiger partial charge in [0.2, 0.25) is 5.88 Å². The van der Waals surface area contributed by atoms with Gasteiger partial charge in [-0.15, -0.1) is 0 Å². The van der Waals surface area contributed by atoms with Crippen molar-refractivity contribution in [3.63, 3.8) is 0 Å². The zero-order valence-electron chi connectivity index (χ0n) is 13.7. The molecule has 0 spiro atoms. The van der Waals surface area contributed by atoms with Gasteiger partial charge in [-0.05, 0) is 50.1 Å². The highest BCUT2D eigenvalue weighted by molar-refractivity contribution is 6.31. The summed E-state index contributed by atoms with van der Waals surface area (Å²) in [6.45, 7) is 5.89. The summed E-state index contributed by atoms with van der Waals surface area (Å²) in [5.41, 5.74) is 2.99. The molecule has 0 N–H and O–H groups in total. The molecule has 3 rings (SSSR count). The fraction of sp³-hybridized carbons (Fsp3) is 0.158. The number of halogens is 1. The van der Waals surface area contributed by atoms with Gasteiger partial charge in [-0.25, -0.2) is 4.98 Å². The predicted octanol–water partition coefficient (Wildman–Crippen LogP) is 5.64. The first-order valence-electron chi connectivity index (χ1n) is 7.54. The average molecular weight is 341 g/mol. The average Bonchev–Trinajstić information content (AvgIpc) is 2.56. The van der Waals surface area contributed by atoms with Crippen LogP contribution in [0.25, 0.3) is 0 Å². The molecule has 0 aliphatic heterocycles. The molecule has 4 nitrogen and oxygen atoms in total. The fourth-order valence-electron chi connectivity index (χ4n) is 2.16. The van der Waals surface area contributed by atoms with Gasteiger partial charge in [0.1, 0.15) is 11.5 Å². The number of aryl methyl sites for hydroxylation is 2. The molecule has 0 aliphatic carbocycles. The maximum absolute atomic E-state index is 6.11. The Morgan fingerprint density at radius 1 is 0.917 bits per heavy atom. The summed E-state index contributed by atoms with van der Waals surface area (Å²) < 4.78 is 11.6. The van der Waals surface area contributed by atoms with Crippen molar-refractivity contribution < 1.29 is 9.47 Å². The number of hydrogen-bond acceptors (Lipinski definition) is 4. The van der Waals surface area contributed by atoms with Crippen molar-refractivity contribution >= 4 is 11.6 Å². The van der Waals surface area contributed by atoms with Crippen molar-refractivity contribution in [2.24, 2.45) is 0 Å². The summed E-state index contributed by atoms with van der Waals surface area (Å²) >= 11 is 6.11. The van der Waals surface area contributed by atoms with Crippen LogP contribution < -0.4 is 9.47 Å². The van der Waals surface area contributed by atoms with E-state index in [0.29, 0.717) is 16.7 Å². The summed E-state index contributed by atoms with van der Waals surface area (Å²) in [6, 6.07) is 13.4. The minimum Gasteiger partial charge on any atom is -0.439 e. The van der Waals surface area contributed by atoms with E-state index < -0.39 is 0 Å². The number of benzene rings is 2. The van der Waals surface area contributed by atoms with E-state index in [9.17, 15) is 0 Å². The number of aromatic nitrogens is 2. The quantitative estimate of drug-likeness (QED) is 0.616. The van der Waals surface area contributed by atoms with Crippen molar-refractivity contribution in [2.45, 2.75) is 20.8 Å². The van der Waals surface area contributed by atoms with Gasteiger partial charge in [0.25, 0.3) is 0 Å². The third-order valence-corrected chi connectivity index (χ3v) is 3.99. The van der Waals surface area contributed by atoms with Gasteiger partial charge < -0.3 is 9.47 Å². The maximum atomic E-state index is 6.11. The van der Waals surface area contributed by atoms with E-state index in [2.05, 4.69) is 9.97 Å². The lowest BCUT2D eigenvalue weighted by Gasteiger charge is -2.11. The molecule has 0 saturated heterocycles. The van der Waals surface area contributed by atoms with Gasteiger partial charge in [-0.1, -0.05) is 29.8 Å². The smallest absolute Gasteiger partial charge is 0.325 e. The summed E-state index contributed by atoms with van der Waals surface area (Å²) in [7, 11) is 0. The topological polar surface area (TPSA) is 44.2 Å². The monoisotopic (exact) mass is 340 g/mol. The fourth-order valence-corrected chi connectivity index (χ4v) is 2.32. The normalized spacial score (nSPS) is 10.5. The highest BCUT2D eigenvalue weighted by Crippen LogP contribution is 2.29. The van der Waals surface area contributed by atoms with Crippen LogP contribution in [0.15, 0.2) is 48.7 Å². The molecule has 1 heterocycles. The minimum absolute atomic E-state index is 0.211. The van der Waals surface area contributed by atoms with Crippen LogP contribution in [0.5, 0.6) is 23.4 Å². The van der Waals surface area contributed by atoms with Gasteiger partial charge >= 0.3 is 6.01 Å². The zero-order chi connectivity index (χ0) is 17.1. The summed E-state index contributed by atoms with van der Waals surface area (Å²) in [5, 5.41) is 0.635. The SMILES string of the molecule is Cc1ccc(C)c(Oc2ccnc(Oc3cccc(Cl)c3C)n2)c1. The lowest BCUT2D eigenvalue weighted by atomic mass is 10.1. The molecule has 24 heavy (non-hydrogen) atoms. The maximum Gasteiger partial charge on any atom is 0.325 e. The first-order valence-corrected chi connectivity index (χ1v) is 7.92. The molecule has 0 aliphatic rings.